The van der Waals surface area contributed by atoms with E-state index < -0.39 is 5.97 Å². The zero-order valence-electron chi connectivity index (χ0n) is 10.7. The molecule has 0 spiro atoms. The minimum Gasteiger partial charge on any atom is -0.478 e. The van der Waals surface area contributed by atoms with E-state index in [4.69, 9.17) is 17.3 Å². The van der Waals surface area contributed by atoms with Gasteiger partial charge in [-0.1, -0.05) is 25.0 Å². The SMILES string of the molecule is O=C(O)c1ccc(CNC(=S)NC2CCCC2)cc1. The fourth-order valence-electron chi connectivity index (χ4n) is 2.25. The van der Waals surface area contributed by atoms with E-state index >= 15 is 0 Å². The molecule has 19 heavy (non-hydrogen) atoms. The highest BCUT2D eigenvalue weighted by Gasteiger charge is 2.15. The van der Waals surface area contributed by atoms with E-state index in [1.54, 1.807) is 24.3 Å². The molecule has 2 rings (SSSR count). The molecular weight excluding hydrogens is 260 g/mol. The molecule has 0 aromatic heterocycles. The molecule has 3 N–H and O–H groups in total. The number of benzene rings is 1. The average Bonchev–Trinajstić information content (AvgIpc) is 2.89. The van der Waals surface area contributed by atoms with E-state index in [0.717, 1.165) is 5.56 Å². The van der Waals surface area contributed by atoms with E-state index in [1.165, 1.54) is 25.7 Å². The predicted octanol–water partition coefficient (Wildman–Crippen LogP) is 2.29. The van der Waals surface area contributed by atoms with Crippen LogP contribution in [0.1, 0.15) is 41.6 Å². The minimum absolute atomic E-state index is 0.301. The Morgan fingerprint density at radius 1 is 1.26 bits per heavy atom. The number of aromatic carboxylic acids is 1. The lowest BCUT2D eigenvalue weighted by atomic mass is 10.1. The number of carboxylic acids is 1. The molecule has 1 fully saturated rings. The number of thiocarbonyl (C=S) groups is 1. The van der Waals surface area contributed by atoms with Gasteiger partial charge < -0.3 is 15.7 Å². The van der Waals surface area contributed by atoms with Crippen molar-refractivity contribution in [2.75, 3.05) is 0 Å². The van der Waals surface area contributed by atoms with Crippen LogP contribution in [-0.4, -0.2) is 22.2 Å². The number of hydrogen-bond donors (Lipinski definition) is 3. The van der Waals surface area contributed by atoms with E-state index in [-0.39, 0.29) is 0 Å². The Labute approximate surface area is 118 Å². The molecule has 0 unspecified atom stereocenters. The van der Waals surface area contributed by atoms with E-state index in [2.05, 4.69) is 10.6 Å². The number of rotatable bonds is 4. The molecule has 5 heteroatoms. The topological polar surface area (TPSA) is 61.4 Å². The Bertz CT molecular complexity index is 453. The molecule has 102 valence electrons. The van der Waals surface area contributed by atoms with Crippen LogP contribution in [0.15, 0.2) is 24.3 Å². The number of carbonyl (C=O) groups is 1. The second kappa shape index (κ2) is 6.52. The maximum absolute atomic E-state index is 10.7. The van der Waals surface area contributed by atoms with Crippen LogP contribution in [0.4, 0.5) is 0 Å². The highest BCUT2D eigenvalue weighted by Crippen LogP contribution is 2.17. The van der Waals surface area contributed by atoms with Gasteiger partial charge in [0.15, 0.2) is 5.11 Å². The Balaban J connectivity index is 1.77. The summed E-state index contributed by atoms with van der Waals surface area (Å²) >= 11 is 5.24. The first-order chi connectivity index (χ1) is 9.15. The minimum atomic E-state index is -0.905. The van der Waals surface area contributed by atoms with Crippen molar-refractivity contribution >= 4 is 23.3 Å². The van der Waals surface area contributed by atoms with Gasteiger partial charge in [-0.2, -0.15) is 0 Å². The smallest absolute Gasteiger partial charge is 0.335 e. The van der Waals surface area contributed by atoms with Gasteiger partial charge in [0, 0.05) is 12.6 Å². The van der Waals surface area contributed by atoms with Crippen LogP contribution in [0, 0.1) is 0 Å². The third kappa shape index (κ3) is 4.21. The van der Waals surface area contributed by atoms with Gasteiger partial charge in [0.25, 0.3) is 0 Å². The molecule has 1 aliphatic carbocycles. The molecule has 1 aromatic carbocycles. The summed E-state index contributed by atoms with van der Waals surface area (Å²) < 4.78 is 0. The lowest BCUT2D eigenvalue weighted by molar-refractivity contribution is 0.0697. The summed E-state index contributed by atoms with van der Waals surface area (Å²) in [5.74, 6) is -0.905. The highest BCUT2D eigenvalue weighted by molar-refractivity contribution is 7.80. The average molecular weight is 278 g/mol. The third-order valence-electron chi connectivity index (χ3n) is 3.34. The molecule has 0 heterocycles. The van der Waals surface area contributed by atoms with Gasteiger partial charge in [0.2, 0.25) is 0 Å². The van der Waals surface area contributed by atoms with E-state index in [0.29, 0.717) is 23.3 Å². The zero-order valence-corrected chi connectivity index (χ0v) is 11.5. The predicted molar refractivity (Wildman–Crippen MR) is 78.2 cm³/mol. The van der Waals surface area contributed by atoms with Crippen LogP contribution >= 0.6 is 12.2 Å². The van der Waals surface area contributed by atoms with Crippen molar-refractivity contribution in [1.82, 2.24) is 10.6 Å². The fourth-order valence-corrected chi connectivity index (χ4v) is 2.49. The molecule has 0 atom stereocenters. The van der Waals surface area contributed by atoms with Gasteiger partial charge in [0.05, 0.1) is 5.56 Å². The highest BCUT2D eigenvalue weighted by atomic mass is 32.1. The standard InChI is InChI=1S/C14H18N2O2S/c17-13(18)11-7-5-10(6-8-11)9-15-14(19)16-12-3-1-2-4-12/h5-8,12H,1-4,9H2,(H,17,18)(H2,15,16,19). The Morgan fingerprint density at radius 2 is 1.89 bits per heavy atom. The largest absolute Gasteiger partial charge is 0.478 e. The molecule has 4 nitrogen and oxygen atoms in total. The maximum atomic E-state index is 10.7. The van der Waals surface area contributed by atoms with Crippen LogP contribution < -0.4 is 10.6 Å². The van der Waals surface area contributed by atoms with Crippen LogP contribution in [-0.2, 0) is 6.54 Å². The summed E-state index contributed by atoms with van der Waals surface area (Å²) in [6.45, 7) is 0.610. The summed E-state index contributed by atoms with van der Waals surface area (Å²) in [6.07, 6.45) is 4.93. The zero-order chi connectivity index (χ0) is 13.7. The lowest BCUT2D eigenvalue weighted by Crippen LogP contribution is -2.40. The first-order valence-corrected chi connectivity index (χ1v) is 6.92. The van der Waals surface area contributed by atoms with Gasteiger partial charge in [-0.15, -0.1) is 0 Å². The van der Waals surface area contributed by atoms with Crippen molar-refractivity contribution in [2.24, 2.45) is 0 Å². The summed E-state index contributed by atoms with van der Waals surface area (Å²) in [4.78, 5) is 10.7. The Hall–Kier alpha value is -1.62. The van der Waals surface area contributed by atoms with Crippen molar-refractivity contribution in [3.05, 3.63) is 35.4 Å². The molecule has 0 bridgehead atoms. The van der Waals surface area contributed by atoms with Crippen molar-refractivity contribution in [3.63, 3.8) is 0 Å². The molecule has 1 aliphatic rings. The number of nitrogens with one attached hydrogen (secondary N) is 2. The molecule has 1 saturated carbocycles. The van der Waals surface area contributed by atoms with Crippen LogP contribution in [0.25, 0.3) is 0 Å². The summed E-state index contributed by atoms with van der Waals surface area (Å²) in [7, 11) is 0. The number of carboxylic acid groups (broad SMARTS) is 1. The fraction of sp³-hybridized carbons (Fsp3) is 0.429. The summed E-state index contributed by atoms with van der Waals surface area (Å²) in [6, 6.07) is 7.32. The monoisotopic (exact) mass is 278 g/mol. The summed E-state index contributed by atoms with van der Waals surface area (Å²) in [5, 5.41) is 15.9. The molecular formula is C14H18N2O2S. The second-order valence-corrected chi connectivity index (χ2v) is 5.22. The van der Waals surface area contributed by atoms with Gasteiger partial charge in [-0.05, 0) is 42.8 Å². The first kappa shape index (κ1) is 13.8. The van der Waals surface area contributed by atoms with Gasteiger partial charge in [-0.25, -0.2) is 4.79 Å². The van der Waals surface area contributed by atoms with E-state index in [1.807, 2.05) is 0 Å². The molecule has 0 radical (unpaired) electrons. The van der Waals surface area contributed by atoms with Crippen molar-refractivity contribution < 1.29 is 9.90 Å². The maximum Gasteiger partial charge on any atom is 0.335 e. The van der Waals surface area contributed by atoms with Crippen LogP contribution in [0.2, 0.25) is 0 Å². The second-order valence-electron chi connectivity index (χ2n) is 4.81. The first-order valence-electron chi connectivity index (χ1n) is 6.52. The molecule has 1 aromatic rings. The third-order valence-corrected chi connectivity index (χ3v) is 3.61. The van der Waals surface area contributed by atoms with Crippen molar-refractivity contribution in [2.45, 2.75) is 38.3 Å². The normalized spacial score (nSPS) is 15.2. The molecule has 0 amide bonds. The van der Waals surface area contributed by atoms with E-state index in [9.17, 15) is 4.79 Å². The summed E-state index contributed by atoms with van der Waals surface area (Å²) in [5.41, 5.74) is 1.32. The lowest BCUT2D eigenvalue weighted by Gasteiger charge is -2.15. The Morgan fingerprint density at radius 3 is 2.47 bits per heavy atom. The molecule has 0 aliphatic heterocycles. The van der Waals surface area contributed by atoms with Gasteiger partial charge >= 0.3 is 5.97 Å². The van der Waals surface area contributed by atoms with Crippen molar-refractivity contribution in [1.29, 1.82) is 0 Å². The van der Waals surface area contributed by atoms with Crippen LogP contribution in [0.5, 0.6) is 0 Å². The quantitative estimate of drug-likeness (QED) is 0.738. The van der Waals surface area contributed by atoms with Crippen molar-refractivity contribution in [3.8, 4) is 0 Å². The van der Waals surface area contributed by atoms with Gasteiger partial charge in [0.1, 0.15) is 0 Å². The van der Waals surface area contributed by atoms with Gasteiger partial charge in [-0.3, -0.25) is 0 Å². The number of hydrogen-bond acceptors (Lipinski definition) is 2. The van der Waals surface area contributed by atoms with Crippen LogP contribution in [0.3, 0.4) is 0 Å². The Kier molecular flexibility index (Phi) is 4.74. The molecule has 0 saturated heterocycles.